The number of hydrogen-bond donors (Lipinski definition) is 1. The van der Waals surface area contributed by atoms with Gasteiger partial charge in [0.1, 0.15) is 11.5 Å². The Morgan fingerprint density at radius 2 is 1.73 bits per heavy atom. The lowest BCUT2D eigenvalue weighted by Gasteiger charge is -2.15. The summed E-state index contributed by atoms with van der Waals surface area (Å²) in [6.07, 6.45) is 4.90. The molecule has 3 aromatic carbocycles. The molecule has 4 rings (SSSR count). The van der Waals surface area contributed by atoms with Crippen molar-refractivity contribution in [3.8, 4) is 23.3 Å². The van der Waals surface area contributed by atoms with E-state index in [-0.39, 0.29) is 12.7 Å². The molecule has 1 aliphatic rings. The standard InChI is InChI=1S/C28H26O4S/c1-20-15-25(13-14-27(20)31-19-28(29)30)33-26-17-22(12-11-21-7-3-2-4-8-21)16-24(18-26)32-23-9-5-6-10-23/h2-4,7-8,13-18,23H,5-6,9-10,19H2,1H3,(H,29,30). The van der Waals surface area contributed by atoms with Crippen LogP contribution in [0.2, 0.25) is 0 Å². The molecule has 0 aromatic heterocycles. The number of carboxylic acids is 1. The fourth-order valence-corrected chi connectivity index (χ4v) is 4.76. The van der Waals surface area contributed by atoms with Crippen molar-refractivity contribution < 1.29 is 19.4 Å². The molecule has 1 N–H and O–H groups in total. The molecule has 33 heavy (non-hydrogen) atoms. The first-order valence-corrected chi connectivity index (χ1v) is 11.9. The van der Waals surface area contributed by atoms with Crippen LogP contribution in [-0.4, -0.2) is 23.8 Å². The van der Waals surface area contributed by atoms with E-state index in [2.05, 4.69) is 24.0 Å². The maximum atomic E-state index is 10.8. The second kappa shape index (κ2) is 11.0. The highest BCUT2D eigenvalue weighted by molar-refractivity contribution is 7.99. The van der Waals surface area contributed by atoms with Crippen LogP contribution in [0.1, 0.15) is 42.4 Å². The molecule has 0 heterocycles. The average molecular weight is 459 g/mol. The Kier molecular flexibility index (Phi) is 7.59. The van der Waals surface area contributed by atoms with Crippen molar-refractivity contribution in [3.05, 3.63) is 83.4 Å². The van der Waals surface area contributed by atoms with Crippen molar-refractivity contribution in [1.29, 1.82) is 0 Å². The van der Waals surface area contributed by atoms with Gasteiger partial charge in [0.25, 0.3) is 0 Å². The number of hydrogen-bond acceptors (Lipinski definition) is 4. The summed E-state index contributed by atoms with van der Waals surface area (Å²) in [5.41, 5.74) is 2.78. The van der Waals surface area contributed by atoms with Crippen molar-refractivity contribution >= 4 is 17.7 Å². The summed E-state index contributed by atoms with van der Waals surface area (Å²) in [5, 5.41) is 8.83. The van der Waals surface area contributed by atoms with Gasteiger partial charge in [0.15, 0.2) is 6.61 Å². The molecule has 1 aliphatic carbocycles. The molecule has 0 radical (unpaired) electrons. The van der Waals surface area contributed by atoms with Crippen LogP contribution < -0.4 is 9.47 Å². The Hall–Kier alpha value is -3.36. The van der Waals surface area contributed by atoms with Gasteiger partial charge in [-0.05, 0) is 86.7 Å². The van der Waals surface area contributed by atoms with Crippen LogP contribution in [0, 0.1) is 18.8 Å². The van der Waals surface area contributed by atoms with Crippen LogP contribution in [-0.2, 0) is 4.79 Å². The lowest BCUT2D eigenvalue weighted by atomic mass is 10.1. The molecule has 0 bridgehead atoms. The summed E-state index contributed by atoms with van der Waals surface area (Å²) in [6.45, 7) is 1.56. The van der Waals surface area contributed by atoms with Gasteiger partial charge in [-0.1, -0.05) is 41.8 Å². The number of aryl methyl sites for hydroxylation is 1. The highest BCUT2D eigenvalue weighted by atomic mass is 32.2. The van der Waals surface area contributed by atoms with Gasteiger partial charge in [-0.3, -0.25) is 0 Å². The molecule has 1 fully saturated rings. The first-order chi connectivity index (χ1) is 16.0. The third-order valence-corrected chi connectivity index (χ3v) is 6.30. The van der Waals surface area contributed by atoms with Gasteiger partial charge < -0.3 is 14.6 Å². The second-order valence-corrected chi connectivity index (χ2v) is 9.19. The zero-order valence-electron chi connectivity index (χ0n) is 18.5. The van der Waals surface area contributed by atoms with Crippen LogP contribution in [0.4, 0.5) is 0 Å². The molecule has 5 heteroatoms. The maximum absolute atomic E-state index is 10.8. The molecule has 0 amide bonds. The van der Waals surface area contributed by atoms with Crippen molar-refractivity contribution in [1.82, 2.24) is 0 Å². The van der Waals surface area contributed by atoms with Crippen molar-refractivity contribution in [2.75, 3.05) is 6.61 Å². The third-order valence-electron chi connectivity index (χ3n) is 5.34. The molecule has 0 aliphatic heterocycles. The Morgan fingerprint density at radius 1 is 0.970 bits per heavy atom. The topological polar surface area (TPSA) is 55.8 Å². The van der Waals surface area contributed by atoms with Gasteiger partial charge in [-0.25, -0.2) is 4.79 Å². The smallest absolute Gasteiger partial charge is 0.341 e. The predicted molar refractivity (Wildman–Crippen MR) is 130 cm³/mol. The Balaban J connectivity index is 1.57. The molecule has 3 aromatic rings. The minimum atomic E-state index is -0.990. The molecular formula is C28H26O4S. The van der Waals surface area contributed by atoms with Gasteiger partial charge in [0, 0.05) is 20.9 Å². The lowest BCUT2D eigenvalue weighted by Crippen LogP contribution is -2.10. The van der Waals surface area contributed by atoms with Gasteiger partial charge >= 0.3 is 5.97 Å². The second-order valence-electron chi connectivity index (χ2n) is 8.05. The lowest BCUT2D eigenvalue weighted by molar-refractivity contribution is -0.139. The molecule has 4 nitrogen and oxygen atoms in total. The first kappa shape index (κ1) is 22.8. The van der Waals surface area contributed by atoms with Gasteiger partial charge in [-0.15, -0.1) is 0 Å². The van der Waals surface area contributed by atoms with E-state index in [0.717, 1.165) is 45.1 Å². The molecule has 168 valence electrons. The van der Waals surface area contributed by atoms with E-state index in [4.69, 9.17) is 14.6 Å². The Labute approximate surface area is 198 Å². The largest absolute Gasteiger partial charge is 0.490 e. The zero-order valence-corrected chi connectivity index (χ0v) is 19.4. The average Bonchev–Trinajstić information content (AvgIpc) is 3.31. The summed E-state index contributed by atoms with van der Waals surface area (Å²) in [6, 6.07) is 21.9. The van der Waals surface area contributed by atoms with Gasteiger partial charge in [0.2, 0.25) is 0 Å². The van der Waals surface area contributed by atoms with Gasteiger partial charge in [-0.2, -0.15) is 0 Å². The normalized spacial score (nSPS) is 13.2. The van der Waals surface area contributed by atoms with E-state index in [1.54, 1.807) is 11.8 Å². The molecular weight excluding hydrogens is 432 g/mol. The number of aliphatic carboxylic acids is 1. The summed E-state index contributed by atoms with van der Waals surface area (Å²) < 4.78 is 11.6. The number of benzene rings is 3. The quantitative estimate of drug-likeness (QED) is 0.419. The predicted octanol–water partition coefficient (Wildman–Crippen LogP) is 6.33. The van der Waals surface area contributed by atoms with Crippen LogP contribution in [0.3, 0.4) is 0 Å². The number of ether oxygens (including phenoxy) is 2. The molecule has 0 unspecified atom stereocenters. The maximum Gasteiger partial charge on any atom is 0.341 e. The van der Waals surface area contributed by atoms with E-state index in [0.29, 0.717) is 5.75 Å². The minimum absolute atomic E-state index is 0.271. The van der Waals surface area contributed by atoms with Gasteiger partial charge in [0.05, 0.1) is 6.10 Å². The van der Waals surface area contributed by atoms with Crippen LogP contribution >= 0.6 is 11.8 Å². The molecule has 0 spiro atoms. The third kappa shape index (κ3) is 6.81. The summed E-state index contributed by atoms with van der Waals surface area (Å²) in [7, 11) is 0. The van der Waals surface area contributed by atoms with Crippen molar-refractivity contribution in [2.45, 2.75) is 48.5 Å². The number of carboxylic acid groups (broad SMARTS) is 1. The Morgan fingerprint density at radius 3 is 2.45 bits per heavy atom. The minimum Gasteiger partial charge on any atom is -0.490 e. The van der Waals surface area contributed by atoms with Crippen LogP contribution in [0.15, 0.2) is 76.5 Å². The van der Waals surface area contributed by atoms with E-state index in [1.807, 2.05) is 61.5 Å². The fourth-order valence-electron chi connectivity index (χ4n) is 3.76. The monoisotopic (exact) mass is 458 g/mol. The Bertz CT molecular complexity index is 1170. The zero-order chi connectivity index (χ0) is 23.0. The summed E-state index contributed by atoms with van der Waals surface area (Å²) >= 11 is 1.62. The summed E-state index contributed by atoms with van der Waals surface area (Å²) in [4.78, 5) is 12.9. The van der Waals surface area contributed by atoms with E-state index < -0.39 is 5.97 Å². The molecule has 0 saturated heterocycles. The SMILES string of the molecule is Cc1cc(Sc2cc(C#Cc3ccccc3)cc(OC3CCCC3)c2)ccc1OCC(=O)O. The fraction of sp³-hybridized carbons (Fsp3) is 0.250. The number of carbonyl (C=O) groups is 1. The van der Waals surface area contributed by atoms with Crippen molar-refractivity contribution in [2.24, 2.45) is 0 Å². The highest BCUT2D eigenvalue weighted by Crippen LogP contribution is 2.35. The van der Waals surface area contributed by atoms with E-state index >= 15 is 0 Å². The number of rotatable bonds is 7. The van der Waals surface area contributed by atoms with E-state index in [1.165, 1.54) is 12.8 Å². The summed E-state index contributed by atoms with van der Waals surface area (Å²) in [5.74, 6) is 6.95. The first-order valence-electron chi connectivity index (χ1n) is 11.1. The molecule has 0 atom stereocenters. The van der Waals surface area contributed by atoms with Crippen molar-refractivity contribution in [3.63, 3.8) is 0 Å². The van der Waals surface area contributed by atoms with E-state index in [9.17, 15) is 4.79 Å². The highest BCUT2D eigenvalue weighted by Gasteiger charge is 2.17. The van der Waals surface area contributed by atoms with Crippen LogP contribution in [0.25, 0.3) is 0 Å². The van der Waals surface area contributed by atoms with Crippen LogP contribution in [0.5, 0.6) is 11.5 Å². The molecule has 1 saturated carbocycles.